The van der Waals surface area contributed by atoms with Crippen molar-refractivity contribution in [2.45, 2.75) is 89.4 Å². The number of aromatic nitrogens is 2. The molecule has 0 radical (unpaired) electrons. The van der Waals surface area contributed by atoms with Crippen LogP contribution in [0.15, 0.2) is 24.7 Å². The number of carbonyl (C=O) groups is 2. The molecule has 2 amide bonds. The molecular formula is C28H39F2N5O3. The van der Waals surface area contributed by atoms with Crippen molar-refractivity contribution in [1.82, 2.24) is 20.2 Å². The molecule has 4 rings (SSSR count). The number of amides is 2. The van der Waals surface area contributed by atoms with Crippen molar-refractivity contribution in [2.75, 3.05) is 19.0 Å². The maximum atomic E-state index is 14.3. The topological polar surface area (TPSA) is 97.3 Å². The Morgan fingerprint density at radius 1 is 1.21 bits per heavy atom. The molecule has 1 aromatic heterocycles. The SMILES string of the molecule is CCC[C@H](N[C@H]1CCc2cc(F)cc(F)c2C1)C(=O)Nc1cn([C@@H]2CC[C@H]2C(=O)NC(CC)COC)cn1. The van der Waals surface area contributed by atoms with Gasteiger partial charge in [0.2, 0.25) is 11.8 Å². The zero-order chi connectivity index (χ0) is 27.2. The second kappa shape index (κ2) is 12.8. The van der Waals surface area contributed by atoms with Crippen molar-refractivity contribution in [2.24, 2.45) is 5.92 Å². The molecule has 8 nitrogen and oxygen atoms in total. The van der Waals surface area contributed by atoms with Crippen molar-refractivity contribution in [3.8, 4) is 0 Å². The monoisotopic (exact) mass is 531 g/mol. The summed E-state index contributed by atoms with van der Waals surface area (Å²) in [5.41, 5.74) is 1.23. The van der Waals surface area contributed by atoms with Gasteiger partial charge in [-0.15, -0.1) is 0 Å². The number of ether oxygens (including phenoxy) is 1. The number of imidazole rings is 1. The van der Waals surface area contributed by atoms with Crippen LogP contribution in [0.5, 0.6) is 0 Å². The second-order valence-corrected chi connectivity index (χ2v) is 10.5. The van der Waals surface area contributed by atoms with Gasteiger partial charge in [0, 0.05) is 31.5 Å². The van der Waals surface area contributed by atoms with Crippen LogP contribution in [0.1, 0.15) is 69.5 Å². The number of carbonyl (C=O) groups excluding carboxylic acids is 2. The number of hydrogen-bond acceptors (Lipinski definition) is 5. The van der Waals surface area contributed by atoms with Crippen LogP contribution in [0, 0.1) is 17.6 Å². The average Bonchev–Trinajstić information content (AvgIpc) is 3.30. The summed E-state index contributed by atoms with van der Waals surface area (Å²) in [6.07, 6.45) is 9.00. The van der Waals surface area contributed by atoms with Gasteiger partial charge in [-0.25, -0.2) is 13.8 Å². The number of aryl methyl sites for hydroxylation is 1. The first-order valence-corrected chi connectivity index (χ1v) is 13.7. The van der Waals surface area contributed by atoms with Crippen LogP contribution in [0.3, 0.4) is 0 Å². The van der Waals surface area contributed by atoms with Crippen molar-refractivity contribution < 1.29 is 23.1 Å². The van der Waals surface area contributed by atoms with Crippen LogP contribution in [0.25, 0.3) is 0 Å². The summed E-state index contributed by atoms with van der Waals surface area (Å²) < 4.78 is 35.0. The summed E-state index contributed by atoms with van der Waals surface area (Å²) in [6, 6.07) is 1.77. The minimum atomic E-state index is -0.555. The fourth-order valence-electron chi connectivity index (χ4n) is 5.50. The summed E-state index contributed by atoms with van der Waals surface area (Å²) in [5.74, 6) is -0.969. The number of methoxy groups -OCH3 is 1. The smallest absolute Gasteiger partial charge is 0.242 e. The molecule has 10 heteroatoms. The van der Waals surface area contributed by atoms with E-state index in [9.17, 15) is 18.4 Å². The van der Waals surface area contributed by atoms with Crippen LogP contribution >= 0.6 is 0 Å². The third-order valence-corrected chi connectivity index (χ3v) is 7.81. The van der Waals surface area contributed by atoms with Gasteiger partial charge in [-0.3, -0.25) is 9.59 Å². The van der Waals surface area contributed by atoms with E-state index in [1.165, 1.54) is 6.07 Å². The third-order valence-electron chi connectivity index (χ3n) is 7.81. The lowest BCUT2D eigenvalue weighted by Crippen LogP contribution is -2.48. The molecule has 1 aromatic carbocycles. The van der Waals surface area contributed by atoms with Crippen molar-refractivity contribution in [3.05, 3.63) is 47.4 Å². The van der Waals surface area contributed by atoms with Gasteiger partial charge in [0.25, 0.3) is 0 Å². The Balaban J connectivity index is 1.34. The molecular weight excluding hydrogens is 492 g/mol. The van der Waals surface area contributed by atoms with Crippen LogP contribution in [-0.4, -0.2) is 53.2 Å². The van der Waals surface area contributed by atoms with Gasteiger partial charge < -0.3 is 25.3 Å². The van der Waals surface area contributed by atoms with Crippen LogP contribution in [0.4, 0.5) is 14.6 Å². The lowest BCUT2D eigenvalue weighted by atomic mass is 9.78. The molecule has 3 N–H and O–H groups in total. The highest BCUT2D eigenvalue weighted by Gasteiger charge is 2.38. The normalized spacial score (nSPS) is 22.2. The predicted octanol–water partition coefficient (Wildman–Crippen LogP) is 3.91. The first-order chi connectivity index (χ1) is 18.3. The van der Waals surface area contributed by atoms with E-state index in [1.54, 1.807) is 19.6 Å². The minimum absolute atomic E-state index is 0.000179. The number of halogens is 2. The largest absolute Gasteiger partial charge is 0.383 e. The van der Waals surface area contributed by atoms with E-state index in [2.05, 4.69) is 20.9 Å². The molecule has 2 aliphatic rings. The first kappa shape index (κ1) is 28.2. The summed E-state index contributed by atoms with van der Waals surface area (Å²) in [6.45, 7) is 4.50. The molecule has 0 bridgehead atoms. The van der Waals surface area contributed by atoms with Crippen LogP contribution < -0.4 is 16.0 Å². The van der Waals surface area contributed by atoms with E-state index >= 15 is 0 Å². The van der Waals surface area contributed by atoms with Gasteiger partial charge in [-0.05, 0) is 62.1 Å². The zero-order valence-electron chi connectivity index (χ0n) is 22.4. The summed E-state index contributed by atoms with van der Waals surface area (Å²) in [5, 5.41) is 9.37. The fourth-order valence-corrected chi connectivity index (χ4v) is 5.50. The summed E-state index contributed by atoms with van der Waals surface area (Å²) in [4.78, 5) is 30.3. The maximum absolute atomic E-state index is 14.3. The Morgan fingerprint density at radius 2 is 2.03 bits per heavy atom. The third kappa shape index (κ3) is 6.58. The molecule has 0 aliphatic heterocycles. The predicted molar refractivity (Wildman–Crippen MR) is 141 cm³/mol. The van der Waals surface area contributed by atoms with E-state index in [0.29, 0.717) is 49.2 Å². The zero-order valence-corrected chi connectivity index (χ0v) is 22.4. The van der Waals surface area contributed by atoms with Crippen molar-refractivity contribution >= 4 is 17.6 Å². The van der Waals surface area contributed by atoms with E-state index in [0.717, 1.165) is 31.7 Å². The molecule has 0 spiro atoms. The van der Waals surface area contributed by atoms with Gasteiger partial charge >= 0.3 is 0 Å². The number of nitrogens with zero attached hydrogens (tertiary/aromatic N) is 2. The molecule has 2 aromatic rings. The first-order valence-electron chi connectivity index (χ1n) is 13.7. The molecule has 5 atom stereocenters. The Morgan fingerprint density at radius 3 is 2.71 bits per heavy atom. The van der Waals surface area contributed by atoms with Crippen LogP contribution in [0.2, 0.25) is 0 Å². The number of benzene rings is 1. The Labute approximate surface area is 222 Å². The highest BCUT2D eigenvalue weighted by molar-refractivity contribution is 5.94. The van der Waals surface area contributed by atoms with Gasteiger partial charge in [-0.2, -0.15) is 0 Å². The molecule has 0 saturated heterocycles. The maximum Gasteiger partial charge on any atom is 0.242 e. The van der Waals surface area contributed by atoms with Gasteiger partial charge in [0.15, 0.2) is 5.82 Å². The Bertz CT molecular complexity index is 1120. The van der Waals surface area contributed by atoms with Crippen LogP contribution in [-0.2, 0) is 27.2 Å². The minimum Gasteiger partial charge on any atom is -0.383 e. The molecule has 1 heterocycles. The lowest BCUT2D eigenvalue weighted by molar-refractivity contribution is -0.130. The summed E-state index contributed by atoms with van der Waals surface area (Å²) >= 11 is 0. The fraction of sp³-hybridized carbons (Fsp3) is 0.607. The number of hydrogen-bond donors (Lipinski definition) is 3. The van der Waals surface area contributed by atoms with Crippen molar-refractivity contribution in [3.63, 3.8) is 0 Å². The Kier molecular flexibility index (Phi) is 9.49. The quantitative estimate of drug-likeness (QED) is 0.386. The standard InChI is InChI=1S/C28H39F2N5O3/c1-4-6-24(32-20-8-7-17-11-18(29)12-23(30)22(17)13-20)28(37)34-26-14-35(16-31-26)25-10-9-21(25)27(36)33-19(5-2)15-38-3/h11-12,14,16,19-21,24-25,32H,4-10,13,15H2,1-3H3,(H,33,36)(H,34,37)/t19?,20-,21+,24-,25+/m0/s1. The number of anilines is 1. The lowest BCUT2D eigenvalue weighted by Gasteiger charge is -2.37. The average molecular weight is 532 g/mol. The van der Waals surface area contributed by atoms with E-state index < -0.39 is 17.7 Å². The van der Waals surface area contributed by atoms with E-state index in [4.69, 9.17) is 4.74 Å². The second-order valence-electron chi connectivity index (χ2n) is 10.5. The highest BCUT2D eigenvalue weighted by Crippen LogP contribution is 2.39. The number of fused-ring (bicyclic) bond motifs is 1. The molecule has 2 aliphatic carbocycles. The summed E-state index contributed by atoms with van der Waals surface area (Å²) in [7, 11) is 1.62. The molecule has 38 heavy (non-hydrogen) atoms. The van der Waals surface area contributed by atoms with Gasteiger partial charge in [0.05, 0.1) is 30.9 Å². The highest BCUT2D eigenvalue weighted by atomic mass is 19.1. The molecule has 1 fully saturated rings. The van der Waals surface area contributed by atoms with E-state index in [-0.39, 0.29) is 35.9 Å². The van der Waals surface area contributed by atoms with Gasteiger partial charge in [0.1, 0.15) is 11.6 Å². The molecule has 1 unspecified atom stereocenters. The Hall–Kier alpha value is -2.85. The molecule has 1 saturated carbocycles. The van der Waals surface area contributed by atoms with Gasteiger partial charge in [-0.1, -0.05) is 20.3 Å². The van der Waals surface area contributed by atoms with Crippen molar-refractivity contribution in [1.29, 1.82) is 0 Å². The number of rotatable bonds is 12. The molecule has 208 valence electrons. The number of nitrogens with one attached hydrogen (secondary N) is 3. The van der Waals surface area contributed by atoms with E-state index in [1.807, 2.05) is 18.4 Å².